The minimum absolute atomic E-state index is 0.144. The number of benzene rings is 4. The Morgan fingerprint density at radius 3 is 1.46 bits per heavy atom. The number of ether oxygens (including phenoxy) is 3. The lowest BCUT2D eigenvalue weighted by Crippen LogP contribution is -2.10. The van der Waals surface area contributed by atoms with E-state index < -0.39 is 20.0 Å². The molecule has 0 aliphatic heterocycles. The summed E-state index contributed by atoms with van der Waals surface area (Å²) < 4.78 is 26.2. The number of methoxy groups -OCH3 is 3. The highest BCUT2D eigenvalue weighted by Gasteiger charge is 2.16. The molecule has 0 aliphatic carbocycles. The van der Waals surface area contributed by atoms with Crippen LogP contribution in [-0.2, 0) is 4.74 Å². The van der Waals surface area contributed by atoms with Gasteiger partial charge in [0, 0.05) is 8.07 Å². The summed E-state index contributed by atoms with van der Waals surface area (Å²) in [4.78, 5) is 31.2. The van der Waals surface area contributed by atoms with E-state index in [2.05, 4.69) is 40.9 Å². The first kappa shape index (κ1) is 36.0. The van der Waals surface area contributed by atoms with Gasteiger partial charge in [-0.25, -0.2) is 19.6 Å². The average Bonchev–Trinajstić information content (AvgIpc) is 3.67. The van der Waals surface area contributed by atoms with Gasteiger partial charge in [0.2, 0.25) is 11.8 Å². The molecule has 2 aromatic heterocycles. The molecule has 13 heteroatoms. The standard InChI is InChI=1S/C16H12ClNO4.C15H10ClNO4.C4H12Si/c1-20-10-4-5-11(12(17)8-10)15-18-13-6-3-9(16(19)21-2)7-14(13)22-15;1-20-9-3-4-10(11(16)7-9)14-17-12-5-2-8(15(18)19)6-13(12)21-14;1-5(2,3)4/h3-8H,1-2H3;2-7H,1H3,(H,18,19);1-4H3. The van der Waals surface area contributed by atoms with Gasteiger partial charge in [-0.05, 0) is 72.8 Å². The van der Waals surface area contributed by atoms with E-state index in [0.717, 1.165) is 0 Å². The zero-order chi connectivity index (χ0) is 35.2. The van der Waals surface area contributed by atoms with Gasteiger partial charge in [-0.1, -0.05) is 49.4 Å². The Kier molecular flexibility index (Phi) is 11.5. The number of halogens is 2. The number of nitrogens with zero attached hydrogens (tertiary/aromatic N) is 2. The van der Waals surface area contributed by atoms with Crippen LogP contribution in [-0.4, -0.2) is 56.4 Å². The smallest absolute Gasteiger partial charge is 0.337 e. The third-order valence-electron chi connectivity index (χ3n) is 6.26. The predicted octanol–water partition coefficient (Wildman–Crippen LogP) is 9.75. The molecule has 0 bridgehead atoms. The molecule has 250 valence electrons. The SMILES string of the molecule is COC(=O)c1ccc2nc(-c3ccc(OC)cc3Cl)oc2c1.COc1ccc(-c2nc3ccc(C(=O)O)cc3o2)c(Cl)c1.C[Si](C)(C)C. The van der Waals surface area contributed by atoms with Crippen molar-refractivity contribution in [3.05, 3.63) is 94.0 Å². The number of carboxylic acid groups (broad SMARTS) is 1. The highest BCUT2D eigenvalue weighted by Crippen LogP contribution is 2.34. The van der Waals surface area contributed by atoms with Gasteiger partial charge in [0.1, 0.15) is 22.5 Å². The molecule has 0 atom stereocenters. The molecular formula is C35H34Cl2N2O8Si. The van der Waals surface area contributed by atoms with Gasteiger partial charge < -0.3 is 28.2 Å². The highest BCUT2D eigenvalue weighted by molar-refractivity contribution is 6.74. The fourth-order valence-corrected chi connectivity index (χ4v) is 4.55. The average molecular weight is 710 g/mol. The van der Waals surface area contributed by atoms with E-state index in [0.29, 0.717) is 72.2 Å². The van der Waals surface area contributed by atoms with E-state index >= 15 is 0 Å². The lowest BCUT2D eigenvalue weighted by atomic mass is 10.2. The second kappa shape index (κ2) is 15.4. The minimum atomic E-state index is -1.02. The Morgan fingerprint density at radius 1 is 0.667 bits per heavy atom. The largest absolute Gasteiger partial charge is 0.497 e. The van der Waals surface area contributed by atoms with E-state index in [-0.39, 0.29) is 5.56 Å². The van der Waals surface area contributed by atoms with Crippen LogP contribution in [0.4, 0.5) is 0 Å². The fourth-order valence-electron chi connectivity index (χ4n) is 4.05. The van der Waals surface area contributed by atoms with Crippen LogP contribution in [0.3, 0.4) is 0 Å². The first-order chi connectivity index (χ1) is 22.7. The molecule has 0 saturated heterocycles. The summed E-state index contributed by atoms with van der Waals surface area (Å²) in [6.07, 6.45) is 0. The zero-order valence-corrected chi connectivity index (χ0v) is 29.9. The van der Waals surface area contributed by atoms with Gasteiger partial charge >= 0.3 is 11.9 Å². The number of carbonyl (C=O) groups excluding carboxylic acids is 1. The molecular weight excluding hydrogens is 675 g/mol. The van der Waals surface area contributed by atoms with E-state index in [1.165, 1.54) is 19.2 Å². The van der Waals surface area contributed by atoms with Gasteiger partial charge in [0.25, 0.3) is 0 Å². The van der Waals surface area contributed by atoms with Crippen LogP contribution >= 0.6 is 23.2 Å². The topological polar surface area (TPSA) is 134 Å². The number of fused-ring (bicyclic) bond motifs is 2. The molecule has 2 heterocycles. The maximum Gasteiger partial charge on any atom is 0.337 e. The monoisotopic (exact) mass is 708 g/mol. The van der Waals surface area contributed by atoms with Crippen LogP contribution in [0.25, 0.3) is 45.1 Å². The third-order valence-corrected chi connectivity index (χ3v) is 6.88. The van der Waals surface area contributed by atoms with Crippen molar-refractivity contribution in [2.45, 2.75) is 26.2 Å². The summed E-state index contributed by atoms with van der Waals surface area (Å²) in [6, 6.07) is 19.8. The lowest BCUT2D eigenvalue weighted by molar-refractivity contribution is 0.0599. The molecule has 4 aromatic carbocycles. The molecule has 0 unspecified atom stereocenters. The van der Waals surface area contributed by atoms with Crippen molar-refractivity contribution in [3.63, 3.8) is 0 Å². The number of oxazole rings is 2. The number of carbonyl (C=O) groups is 2. The zero-order valence-electron chi connectivity index (χ0n) is 27.4. The summed E-state index contributed by atoms with van der Waals surface area (Å²) in [5.74, 6) is 0.551. The van der Waals surface area contributed by atoms with Crippen molar-refractivity contribution in [3.8, 4) is 34.4 Å². The second-order valence-electron chi connectivity index (χ2n) is 11.9. The van der Waals surface area contributed by atoms with Crippen molar-refractivity contribution >= 4 is 65.4 Å². The van der Waals surface area contributed by atoms with Crippen molar-refractivity contribution in [1.29, 1.82) is 0 Å². The molecule has 6 rings (SSSR count). The molecule has 0 saturated carbocycles. The molecule has 0 amide bonds. The van der Waals surface area contributed by atoms with Crippen LogP contribution in [0.2, 0.25) is 36.2 Å². The van der Waals surface area contributed by atoms with E-state index in [1.54, 1.807) is 74.9 Å². The summed E-state index contributed by atoms with van der Waals surface area (Å²) >= 11 is 12.4. The Morgan fingerprint density at radius 2 is 1.08 bits per heavy atom. The molecule has 0 fully saturated rings. The number of hydrogen-bond donors (Lipinski definition) is 1. The maximum atomic E-state index is 11.5. The van der Waals surface area contributed by atoms with Crippen LogP contribution in [0.5, 0.6) is 11.5 Å². The third kappa shape index (κ3) is 9.15. The summed E-state index contributed by atoms with van der Waals surface area (Å²) in [7, 11) is 3.84. The molecule has 10 nitrogen and oxygen atoms in total. The van der Waals surface area contributed by atoms with Crippen LogP contribution in [0.15, 0.2) is 81.6 Å². The fraction of sp³-hybridized carbons (Fsp3) is 0.200. The molecule has 0 aliphatic rings. The summed E-state index contributed by atoms with van der Waals surface area (Å²) in [6.45, 7) is 9.31. The van der Waals surface area contributed by atoms with Gasteiger partial charge in [-0.15, -0.1) is 0 Å². The van der Waals surface area contributed by atoms with Gasteiger partial charge in [-0.3, -0.25) is 0 Å². The van der Waals surface area contributed by atoms with Crippen molar-refractivity contribution in [2.75, 3.05) is 21.3 Å². The second-order valence-corrected chi connectivity index (χ2v) is 18.7. The maximum absolute atomic E-state index is 11.5. The first-order valence-corrected chi connectivity index (χ1v) is 19.3. The predicted molar refractivity (Wildman–Crippen MR) is 190 cm³/mol. The molecule has 1 N–H and O–H groups in total. The van der Waals surface area contributed by atoms with E-state index in [4.69, 9.17) is 46.6 Å². The van der Waals surface area contributed by atoms with Crippen LogP contribution in [0.1, 0.15) is 20.7 Å². The Labute approximate surface area is 288 Å². The number of rotatable bonds is 6. The normalized spacial score (nSPS) is 10.9. The Bertz CT molecular complexity index is 2080. The highest BCUT2D eigenvalue weighted by atomic mass is 35.5. The van der Waals surface area contributed by atoms with Crippen LogP contribution in [0, 0.1) is 0 Å². The molecule has 0 spiro atoms. The molecule has 48 heavy (non-hydrogen) atoms. The Balaban J connectivity index is 0.000000191. The number of esters is 1. The lowest BCUT2D eigenvalue weighted by Gasteiger charge is -2.02. The Hall–Kier alpha value is -4.84. The minimum Gasteiger partial charge on any atom is -0.497 e. The van der Waals surface area contributed by atoms with E-state index in [9.17, 15) is 9.59 Å². The van der Waals surface area contributed by atoms with Gasteiger partial charge in [0.15, 0.2) is 11.2 Å². The number of hydrogen-bond acceptors (Lipinski definition) is 9. The van der Waals surface area contributed by atoms with Crippen molar-refractivity contribution < 1.29 is 37.7 Å². The van der Waals surface area contributed by atoms with Crippen molar-refractivity contribution in [1.82, 2.24) is 9.97 Å². The first-order valence-electron chi connectivity index (χ1n) is 14.5. The quantitative estimate of drug-likeness (QED) is 0.132. The number of carboxylic acids is 1. The van der Waals surface area contributed by atoms with Gasteiger partial charge in [-0.2, -0.15) is 0 Å². The van der Waals surface area contributed by atoms with Gasteiger partial charge in [0.05, 0.1) is 53.6 Å². The number of aromatic carboxylic acids is 1. The summed E-state index contributed by atoms with van der Waals surface area (Å²) in [5.41, 5.74) is 3.91. The number of aromatic nitrogens is 2. The van der Waals surface area contributed by atoms with Crippen LogP contribution < -0.4 is 9.47 Å². The van der Waals surface area contributed by atoms with Crippen molar-refractivity contribution in [2.24, 2.45) is 0 Å². The summed E-state index contributed by atoms with van der Waals surface area (Å²) in [5, 5.41) is 9.89. The van der Waals surface area contributed by atoms with E-state index in [1.807, 2.05) is 0 Å². The molecule has 6 aromatic rings. The molecule has 0 radical (unpaired) electrons.